The van der Waals surface area contributed by atoms with Crippen molar-refractivity contribution >= 4 is 5.78 Å². The first-order valence-corrected chi connectivity index (χ1v) is 4.40. The van der Waals surface area contributed by atoms with Gasteiger partial charge in [0.1, 0.15) is 5.78 Å². The van der Waals surface area contributed by atoms with E-state index in [1.807, 2.05) is 27.7 Å². The molecule has 0 saturated carbocycles. The van der Waals surface area contributed by atoms with Crippen LogP contribution in [-0.4, -0.2) is 19.5 Å². The summed E-state index contributed by atoms with van der Waals surface area (Å²) < 4.78 is 4.96. The Bertz CT molecular complexity index is 144. The van der Waals surface area contributed by atoms with Crippen LogP contribution in [0, 0.1) is 11.3 Å². The summed E-state index contributed by atoms with van der Waals surface area (Å²) in [4.78, 5) is 11.5. The lowest BCUT2D eigenvalue weighted by Crippen LogP contribution is -2.23. The Kier molecular flexibility index (Phi) is 4.46. The van der Waals surface area contributed by atoms with Gasteiger partial charge in [0.15, 0.2) is 0 Å². The van der Waals surface area contributed by atoms with E-state index in [1.165, 1.54) is 0 Å². The van der Waals surface area contributed by atoms with E-state index < -0.39 is 0 Å². The lowest BCUT2D eigenvalue weighted by molar-refractivity contribution is -0.127. The van der Waals surface area contributed by atoms with Crippen molar-refractivity contribution in [2.24, 2.45) is 11.3 Å². The predicted molar refractivity (Wildman–Crippen MR) is 50.1 cm³/mol. The SMILES string of the molecule is COC[C@@H](C)CC(=O)C(C)(C)C. The highest BCUT2D eigenvalue weighted by Gasteiger charge is 2.22. The molecule has 12 heavy (non-hydrogen) atoms. The van der Waals surface area contributed by atoms with Crippen LogP contribution in [0.15, 0.2) is 0 Å². The molecule has 0 unspecified atom stereocenters. The summed E-state index contributed by atoms with van der Waals surface area (Å²) in [5, 5.41) is 0. The molecule has 0 aliphatic carbocycles. The molecule has 0 bridgehead atoms. The number of methoxy groups -OCH3 is 1. The lowest BCUT2D eigenvalue weighted by Gasteiger charge is -2.19. The van der Waals surface area contributed by atoms with Crippen LogP contribution in [0.5, 0.6) is 0 Å². The van der Waals surface area contributed by atoms with Crippen molar-refractivity contribution in [1.29, 1.82) is 0 Å². The minimum Gasteiger partial charge on any atom is -0.384 e. The van der Waals surface area contributed by atoms with E-state index in [1.54, 1.807) is 7.11 Å². The van der Waals surface area contributed by atoms with E-state index in [-0.39, 0.29) is 5.41 Å². The smallest absolute Gasteiger partial charge is 0.138 e. The molecule has 2 heteroatoms. The molecule has 0 aliphatic rings. The van der Waals surface area contributed by atoms with Gasteiger partial charge in [-0.1, -0.05) is 27.7 Å². The highest BCUT2D eigenvalue weighted by atomic mass is 16.5. The number of carbonyl (C=O) groups is 1. The zero-order valence-corrected chi connectivity index (χ0v) is 8.81. The Morgan fingerprint density at radius 2 is 1.92 bits per heavy atom. The Hall–Kier alpha value is -0.370. The van der Waals surface area contributed by atoms with Crippen molar-refractivity contribution < 1.29 is 9.53 Å². The zero-order valence-electron chi connectivity index (χ0n) is 8.81. The molecule has 0 aromatic carbocycles. The molecule has 0 N–H and O–H groups in total. The van der Waals surface area contributed by atoms with Crippen molar-refractivity contribution in [3.8, 4) is 0 Å². The third kappa shape index (κ3) is 4.50. The van der Waals surface area contributed by atoms with E-state index in [0.717, 1.165) is 0 Å². The first kappa shape index (κ1) is 11.6. The maximum absolute atomic E-state index is 11.5. The standard InChI is InChI=1S/C10H20O2/c1-8(7-12-5)6-9(11)10(2,3)4/h8H,6-7H2,1-5H3/t8-/m0/s1. The van der Waals surface area contributed by atoms with Crippen LogP contribution in [-0.2, 0) is 9.53 Å². The number of hydrogen-bond acceptors (Lipinski definition) is 2. The largest absolute Gasteiger partial charge is 0.384 e. The first-order valence-electron chi connectivity index (χ1n) is 4.40. The van der Waals surface area contributed by atoms with Gasteiger partial charge in [-0.2, -0.15) is 0 Å². The van der Waals surface area contributed by atoms with Crippen LogP contribution in [0.25, 0.3) is 0 Å². The number of carbonyl (C=O) groups excluding carboxylic acids is 1. The molecule has 0 amide bonds. The normalized spacial score (nSPS) is 14.4. The number of rotatable bonds is 4. The molecule has 72 valence electrons. The van der Waals surface area contributed by atoms with Crippen molar-refractivity contribution in [3.63, 3.8) is 0 Å². The maximum atomic E-state index is 11.5. The maximum Gasteiger partial charge on any atom is 0.138 e. The quantitative estimate of drug-likeness (QED) is 0.650. The average Bonchev–Trinajstić information content (AvgIpc) is 1.85. The molecule has 0 fully saturated rings. The third-order valence-corrected chi connectivity index (χ3v) is 1.82. The van der Waals surface area contributed by atoms with Gasteiger partial charge in [-0.3, -0.25) is 4.79 Å². The van der Waals surface area contributed by atoms with Gasteiger partial charge in [0.2, 0.25) is 0 Å². The molecule has 0 aromatic heterocycles. The van der Waals surface area contributed by atoms with Crippen molar-refractivity contribution in [2.75, 3.05) is 13.7 Å². The van der Waals surface area contributed by atoms with Crippen molar-refractivity contribution in [1.82, 2.24) is 0 Å². The highest BCUT2D eigenvalue weighted by molar-refractivity contribution is 5.83. The first-order chi connectivity index (χ1) is 5.38. The molecule has 0 saturated heterocycles. The molecular formula is C10H20O2. The summed E-state index contributed by atoms with van der Waals surface area (Å²) in [5.41, 5.74) is -0.206. The van der Waals surface area contributed by atoms with Gasteiger partial charge in [0, 0.05) is 25.6 Å². The fourth-order valence-electron chi connectivity index (χ4n) is 0.966. The van der Waals surface area contributed by atoms with E-state index in [0.29, 0.717) is 24.7 Å². The monoisotopic (exact) mass is 172 g/mol. The van der Waals surface area contributed by atoms with Gasteiger partial charge >= 0.3 is 0 Å². The van der Waals surface area contributed by atoms with E-state index >= 15 is 0 Å². The van der Waals surface area contributed by atoms with Crippen LogP contribution < -0.4 is 0 Å². The third-order valence-electron chi connectivity index (χ3n) is 1.82. The van der Waals surface area contributed by atoms with Gasteiger partial charge in [0.05, 0.1) is 0 Å². The fraction of sp³-hybridized carbons (Fsp3) is 0.900. The summed E-state index contributed by atoms with van der Waals surface area (Å²) >= 11 is 0. The summed E-state index contributed by atoms with van der Waals surface area (Å²) in [5.74, 6) is 0.647. The Morgan fingerprint density at radius 3 is 2.25 bits per heavy atom. The lowest BCUT2D eigenvalue weighted by atomic mass is 9.86. The molecule has 0 spiro atoms. The second-order valence-electron chi connectivity index (χ2n) is 4.44. The second-order valence-corrected chi connectivity index (χ2v) is 4.44. The van der Waals surface area contributed by atoms with E-state index in [2.05, 4.69) is 0 Å². The topological polar surface area (TPSA) is 26.3 Å². The molecule has 0 rings (SSSR count). The molecule has 0 aliphatic heterocycles. The van der Waals surface area contributed by atoms with Gasteiger partial charge in [0.25, 0.3) is 0 Å². The molecular weight excluding hydrogens is 152 g/mol. The Balaban J connectivity index is 3.85. The van der Waals surface area contributed by atoms with Crippen molar-refractivity contribution in [2.45, 2.75) is 34.1 Å². The van der Waals surface area contributed by atoms with Crippen LogP contribution >= 0.6 is 0 Å². The molecule has 0 heterocycles. The van der Waals surface area contributed by atoms with E-state index in [4.69, 9.17) is 4.74 Å². The second kappa shape index (κ2) is 4.61. The van der Waals surface area contributed by atoms with Crippen LogP contribution in [0.3, 0.4) is 0 Å². The van der Waals surface area contributed by atoms with Gasteiger partial charge in [-0.15, -0.1) is 0 Å². The summed E-state index contributed by atoms with van der Waals surface area (Å²) in [7, 11) is 1.66. The fourth-order valence-corrected chi connectivity index (χ4v) is 0.966. The average molecular weight is 172 g/mol. The zero-order chi connectivity index (χ0) is 9.78. The molecule has 2 nitrogen and oxygen atoms in total. The summed E-state index contributed by atoms with van der Waals surface area (Å²) in [6, 6.07) is 0. The number of Topliss-reactive ketones (excluding diaryl/α,β-unsaturated/α-hetero) is 1. The number of hydrogen-bond donors (Lipinski definition) is 0. The van der Waals surface area contributed by atoms with Crippen molar-refractivity contribution in [3.05, 3.63) is 0 Å². The highest BCUT2D eigenvalue weighted by Crippen LogP contribution is 2.19. The molecule has 0 radical (unpaired) electrons. The summed E-state index contributed by atoms with van der Waals surface area (Å²) in [6.45, 7) is 8.56. The van der Waals surface area contributed by atoms with Crippen LogP contribution in [0.1, 0.15) is 34.1 Å². The van der Waals surface area contributed by atoms with Crippen LogP contribution in [0.4, 0.5) is 0 Å². The Labute approximate surface area is 75.3 Å². The minimum atomic E-state index is -0.206. The van der Waals surface area contributed by atoms with Gasteiger partial charge in [-0.25, -0.2) is 0 Å². The molecule has 1 atom stereocenters. The predicted octanol–water partition coefficient (Wildman–Crippen LogP) is 2.27. The number of ether oxygens (including phenoxy) is 1. The van der Waals surface area contributed by atoms with Crippen LogP contribution in [0.2, 0.25) is 0 Å². The molecule has 0 aromatic rings. The van der Waals surface area contributed by atoms with E-state index in [9.17, 15) is 4.79 Å². The minimum absolute atomic E-state index is 0.206. The van der Waals surface area contributed by atoms with Gasteiger partial charge in [-0.05, 0) is 5.92 Å². The Morgan fingerprint density at radius 1 is 1.42 bits per heavy atom. The summed E-state index contributed by atoms with van der Waals surface area (Å²) in [6.07, 6.45) is 0.622. The van der Waals surface area contributed by atoms with Gasteiger partial charge < -0.3 is 4.74 Å². The number of ketones is 1.